The first-order valence-electron chi connectivity index (χ1n) is 6.73. The van der Waals surface area contributed by atoms with Crippen molar-refractivity contribution < 1.29 is 9.47 Å². The van der Waals surface area contributed by atoms with Crippen LogP contribution in [0.15, 0.2) is 24.4 Å². The molecule has 4 nitrogen and oxygen atoms in total. The molecular weight excluding hydrogens is 228 g/mol. The number of piperidine rings is 1. The fourth-order valence-electron chi connectivity index (χ4n) is 2.83. The SMILES string of the molecule is c1ccc(COC2COC3(CCNCC3)C2)nc1. The molecule has 2 saturated heterocycles. The number of hydrogen-bond donors (Lipinski definition) is 1. The zero-order valence-corrected chi connectivity index (χ0v) is 10.6. The van der Waals surface area contributed by atoms with E-state index >= 15 is 0 Å². The van der Waals surface area contributed by atoms with Crippen LogP contribution in [0.5, 0.6) is 0 Å². The molecule has 18 heavy (non-hydrogen) atoms. The topological polar surface area (TPSA) is 43.4 Å². The van der Waals surface area contributed by atoms with Gasteiger partial charge >= 0.3 is 0 Å². The number of hydrogen-bond acceptors (Lipinski definition) is 4. The van der Waals surface area contributed by atoms with Crippen LogP contribution in [0.2, 0.25) is 0 Å². The zero-order chi connectivity index (χ0) is 12.3. The van der Waals surface area contributed by atoms with Crippen LogP contribution in [-0.2, 0) is 16.1 Å². The molecule has 1 unspecified atom stereocenters. The van der Waals surface area contributed by atoms with E-state index in [0.717, 1.165) is 44.7 Å². The molecule has 2 aliphatic heterocycles. The van der Waals surface area contributed by atoms with Crippen LogP contribution in [-0.4, -0.2) is 36.4 Å². The lowest BCUT2D eigenvalue weighted by Gasteiger charge is -2.32. The van der Waals surface area contributed by atoms with Gasteiger partial charge in [-0.05, 0) is 38.1 Å². The maximum Gasteiger partial charge on any atom is 0.0892 e. The molecule has 1 atom stereocenters. The van der Waals surface area contributed by atoms with E-state index in [1.54, 1.807) is 6.20 Å². The Morgan fingerprint density at radius 2 is 2.28 bits per heavy atom. The van der Waals surface area contributed by atoms with Crippen molar-refractivity contribution in [1.82, 2.24) is 10.3 Å². The number of ether oxygens (including phenoxy) is 2. The molecule has 4 heteroatoms. The van der Waals surface area contributed by atoms with Crippen molar-refractivity contribution in [3.8, 4) is 0 Å². The Morgan fingerprint density at radius 1 is 1.39 bits per heavy atom. The third-order valence-corrected chi connectivity index (χ3v) is 3.88. The summed E-state index contributed by atoms with van der Waals surface area (Å²) < 4.78 is 11.9. The van der Waals surface area contributed by atoms with Gasteiger partial charge in [0.15, 0.2) is 0 Å². The third-order valence-electron chi connectivity index (χ3n) is 3.88. The first-order chi connectivity index (χ1) is 8.86. The lowest BCUT2D eigenvalue weighted by Crippen LogP contribution is -2.41. The monoisotopic (exact) mass is 248 g/mol. The van der Waals surface area contributed by atoms with Crippen LogP contribution in [0.1, 0.15) is 25.0 Å². The molecular formula is C14H20N2O2. The molecule has 0 saturated carbocycles. The molecule has 3 heterocycles. The predicted molar refractivity (Wildman–Crippen MR) is 68.2 cm³/mol. The maximum atomic E-state index is 6.00. The Balaban J connectivity index is 1.50. The van der Waals surface area contributed by atoms with E-state index in [2.05, 4.69) is 10.3 Å². The average Bonchev–Trinajstić information content (AvgIpc) is 2.82. The molecule has 98 valence electrons. The fraction of sp³-hybridized carbons (Fsp3) is 0.643. The fourth-order valence-corrected chi connectivity index (χ4v) is 2.83. The van der Waals surface area contributed by atoms with Crippen LogP contribution in [0.3, 0.4) is 0 Å². The van der Waals surface area contributed by atoms with Crippen LogP contribution in [0, 0.1) is 0 Å². The second-order valence-electron chi connectivity index (χ2n) is 5.20. The van der Waals surface area contributed by atoms with E-state index in [-0.39, 0.29) is 11.7 Å². The van der Waals surface area contributed by atoms with Crippen LogP contribution in [0.4, 0.5) is 0 Å². The van der Waals surface area contributed by atoms with E-state index in [4.69, 9.17) is 9.47 Å². The average molecular weight is 248 g/mol. The number of nitrogens with zero attached hydrogens (tertiary/aromatic N) is 1. The van der Waals surface area contributed by atoms with Crippen LogP contribution >= 0.6 is 0 Å². The lowest BCUT2D eigenvalue weighted by atomic mass is 9.89. The van der Waals surface area contributed by atoms with E-state index in [1.807, 2.05) is 18.2 Å². The minimum atomic E-state index is 0.0834. The van der Waals surface area contributed by atoms with Gasteiger partial charge in [-0.2, -0.15) is 0 Å². The Bertz CT molecular complexity index is 377. The smallest absolute Gasteiger partial charge is 0.0892 e. The van der Waals surface area contributed by atoms with E-state index in [1.165, 1.54) is 0 Å². The molecule has 2 fully saturated rings. The van der Waals surface area contributed by atoms with Crippen molar-refractivity contribution in [3.05, 3.63) is 30.1 Å². The molecule has 1 spiro atoms. The molecule has 2 aliphatic rings. The first kappa shape index (κ1) is 12.1. The van der Waals surface area contributed by atoms with Gasteiger partial charge < -0.3 is 14.8 Å². The summed E-state index contributed by atoms with van der Waals surface area (Å²) in [4.78, 5) is 4.27. The minimum Gasteiger partial charge on any atom is -0.372 e. The van der Waals surface area contributed by atoms with E-state index in [0.29, 0.717) is 6.61 Å². The van der Waals surface area contributed by atoms with E-state index in [9.17, 15) is 0 Å². The normalized spacial score (nSPS) is 26.6. The summed E-state index contributed by atoms with van der Waals surface area (Å²) in [7, 11) is 0. The summed E-state index contributed by atoms with van der Waals surface area (Å²) in [5.41, 5.74) is 1.07. The Hall–Kier alpha value is -0.970. The van der Waals surface area contributed by atoms with Gasteiger partial charge in [-0.15, -0.1) is 0 Å². The zero-order valence-electron chi connectivity index (χ0n) is 10.6. The summed E-state index contributed by atoms with van der Waals surface area (Å²) in [6.07, 6.45) is 5.28. The van der Waals surface area contributed by atoms with Gasteiger partial charge in [0.25, 0.3) is 0 Å². The molecule has 0 aliphatic carbocycles. The highest BCUT2D eigenvalue weighted by Crippen LogP contribution is 2.35. The summed E-state index contributed by atoms with van der Waals surface area (Å²) in [6.45, 7) is 3.44. The van der Waals surface area contributed by atoms with Crippen molar-refractivity contribution in [3.63, 3.8) is 0 Å². The standard InChI is InChI=1S/C14H20N2O2/c1-2-6-16-12(3-1)10-17-13-9-14(18-11-13)4-7-15-8-5-14/h1-3,6,13,15H,4-5,7-11H2. The second kappa shape index (κ2) is 5.34. The van der Waals surface area contributed by atoms with Gasteiger partial charge in [0, 0.05) is 12.6 Å². The molecule has 0 aromatic carbocycles. The Kier molecular flexibility index (Phi) is 3.59. The largest absolute Gasteiger partial charge is 0.372 e. The van der Waals surface area contributed by atoms with Crippen molar-refractivity contribution in [2.45, 2.75) is 37.6 Å². The van der Waals surface area contributed by atoms with Crippen LogP contribution in [0.25, 0.3) is 0 Å². The molecule has 0 amide bonds. The van der Waals surface area contributed by atoms with Crippen LogP contribution < -0.4 is 5.32 Å². The number of rotatable bonds is 3. The summed E-state index contributed by atoms with van der Waals surface area (Å²) in [5, 5.41) is 3.38. The summed E-state index contributed by atoms with van der Waals surface area (Å²) in [5.74, 6) is 0. The van der Waals surface area contributed by atoms with Gasteiger partial charge in [-0.25, -0.2) is 0 Å². The molecule has 1 N–H and O–H groups in total. The molecule has 0 radical (unpaired) electrons. The van der Waals surface area contributed by atoms with Crippen molar-refractivity contribution in [1.29, 1.82) is 0 Å². The molecule has 3 rings (SSSR count). The van der Waals surface area contributed by atoms with E-state index < -0.39 is 0 Å². The number of pyridine rings is 1. The second-order valence-corrected chi connectivity index (χ2v) is 5.20. The summed E-state index contributed by atoms with van der Waals surface area (Å²) >= 11 is 0. The predicted octanol–water partition coefficient (Wildman–Crippen LogP) is 1.51. The first-order valence-corrected chi connectivity index (χ1v) is 6.73. The quantitative estimate of drug-likeness (QED) is 0.880. The maximum absolute atomic E-state index is 6.00. The van der Waals surface area contributed by atoms with Crippen molar-refractivity contribution in [2.24, 2.45) is 0 Å². The van der Waals surface area contributed by atoms with Gasteiger partial charge in [-0.3, -0.25) is 4.98 Å². The van der Waals surface area contributed by atoms with Crippen molar-refractivity contribution in [2.75, 3.05) is 19.7 Å². The number of aromatic nitrogens is 1. The third kappa shape index (κ3) is 2.71. The number of nitrogens with one attached hydrogen (secondary N) is 1. The summed E-state index contributed by atoms with van der Waals surface area (Å²) in [6, 6.07) is 5.91. The minimum absolute atomic E-state index is 0.0834. The molecule has 1 aromatic rings. The molecule has 1 aromatic heterocycles. The lowest BCUT2D eigenvalue weighted by molar-refractivity contribution is -0.0242. The molecule has 0 bridgehead atoms. The highest BCUT2D eigenvalue weighted by molar-refractivity contribution is 5.02. The highest BCUT2D eigenvalue weighted by Gasteiger charge is 2.41. The highest BCUT2D eigenvalue weighted by atomic mass is 16.6. The Morgan fingerprint density at radius 3 is 3.06 bits per heavy atom. The Labute approximate surface area is 108 Å². The van der Waals surface area contributed by atoms with Gasteiger partial charge in [0.05, 0.1) is 30.6 Å². The van der Waals surface area contributed by atoms with Crippen molar-refractivity contribution >= 4 is 0 Å². The van der Waals surface area contributed by atoms with Gasteiger partial charge in [0.2, 0.25) is 0 Å². The van der Waals surface area contributed by atoms with Gasteiger partial charge in [-0.1, -0.05) is 6.07 Å². The van der Waals surface area contributed by atoms with Gasteiger partial charge in [0.1, 0.15) is 0 Å².